The summed E-state index contributed by atoms with van der Waals surface area (Å²) in [5.41, 5.74) is 1.27. The van der Waals surface area contributed by atoms with E-state index < -0.39 is 0 Å². The van der Waals surface area contributed by atoms with Crippen molar-refractivity contribution < 1.29 is 4.74 Å². The van der Waals surface area contributed by atoms with Crippen molar-refractivity contribution in [2.24, 2.45) is 0 Å². The topological polar surface area (TPSA) is 21.3 Å². The van der Waals surface area contributed by atoms with Crippen molar-refractivity contribution >= 4 is 11.6 Å². The number of hydrogen-bond donors (Lipinski definition) is 1. The molecule has 0 aromatic heterocycles. The lowest BCUT2D eigenvalue weighted by Crippen LogP contribution is -2.36. The van der Waals surface area contributed by atoms with Crippen molar-refractivity contribution in [2.45, 2.75) is 38.5 Å². The van der Waals surface area contributed by atoms with Gasteiger partial charge in [0.15, 0.2) is 0 Å². The number of hydrogen-bond acceptors (Lipinski definition) is 2. The van der Waals surface area contributed by atoms with E-state index in [0.29, 0.717) is 18.2 Å². The van der Waals surface area contributed by atoms with Gasteiger partial charge in [-0.25, -0.2) is 0 Å². The lowest BCUT2D eigenvalue weighted by atomic mass is 10.1. The molecule has 1 aliphatic rings. The zero-order valence-corrected chi connectivity index (χ0v) is 10.5. The molecule has 0 aliphatic carbocycles. The standard InChI is InChI=1S/C13H18ClNO/c1-9(11-3-5-12(14)6-4-11)15-13-7-8-16-10(13)2/h3-6,9-10,13,15H,7-8H2,1-2H3/t9-,10?,13?/m0/s1. The van der Waals surface area contributed by atoms with Crippen molar-refractivity contribution in [1.29, 1.82) is 0 Å². The Bertz CT molecular complexity index is 338. The molecule has 16 heavy (non-hydrogen) atoms. The molecule has 0 saturated carbocycles. The molecule has 1 heterocycles. The van der Waals surface area contributed by atoms with Gasteiger partial charge in [-0.05, 0) is 38.0 Å². The van der Waals surface area contributed by atoms with Crippen LogP contribution in [0, 0.1) is 0 Å². The fourth-order valence-electron chi connectivity index (χ4n) is 2.12. The first kappa shape index (κ1) is 11.9. The van der Waals surface area contributed by atoms with E-state index in [1.807, 2.05) is 12.1 Å². The third-order valence-corrected chi connectivity index (χ3v) is 3.46. The van der Waals surface area contributed by atoms with Crippen LogP contribution in [-0.4, -0.2) is 18.8 Å². The monoisotopic (exact) mass is 239 g/mol. The third kappa shape index (κ3) is 2.76. The summed E-state index contributed by atoms with van der Waals surface area (Å²) in [7, 11) is 0. The zero-order valence-electron chi connectivity index (χ0n) is 9.74. The minimum absolute atomic E-state index is 0.315. The predicted octanol–water partition coefficient (Wildman–Crippen LogP) is 3.17. The van der Waals surface area contributed by atoms with Crippen molar-refractivity contribution in [3.63, 3.8) is 0 Å². The highest BCUT2D eigenvalue weighted by Gasteiger charge is 2.25. The van der Waals surface area contributed by atoms with E-state index in [1.54, 1.807) is 0 Å². The summed E-state index contributed by atoms with van der Waals surface area (Å²) >= 11 is 5.87. The SMILES string of the molecule is CC1OCCC1N[C@@H](C)c1ccc(Cl)cc1. The van der Waals surface area contributed by atoms with E-state index in [2.05, 4.69) is 31.3 Å². The van der Waals surface area contributed by atoms with E-state index in [9.17, 15) is 0 Å². The maximum atomic E-state index is 5.87. The molecular formula is C13H18ClNO. The smallest absolute Gasteiger partial charge is 0.0700 e. The summed E-state index contributed by atoms with van der Waals surface area (Å²) in [5, 5.41) is 4.38. The molecule has 0 amide bonds. The van der Waals surface area contributed by atoms with Gasteiger partial charge in [-0.15, -0.1) is 0 Å². The molecular weight excluding hydrogens is 222 g/mol. The molecule has 88 valence electrons. The molecule has 0 spiro atoms. The average molecular weight is 240 g/mol. The number of nitrogens with one attached hydrogen (secondary N) is 1. The molecule has 0 radical (unpaired) electrons. The maximum Gasteiger partial charge on any atom is 0.0700 e. The Kier molecular flexibility index (Phi) is 3.85. The second-order valence-corrected chi connectivity index (χ2v) is 4.85. The van der Waals surface area contributed by atoms with Crippen molar-refractivity contribution in [3.8, 4) is 0 Å². The summed E-state index contributed by atoms with van der Waals surface area (Å²) in [5.74, 6) is 0. The second-order valence-electron chi connectivity index (χ2n) is 4.41. The van der Waals surface area contributed by atoms with Gasteiger partial charge >= 0.3 is 0 Å². The molecule has 1 fully saturated rings. The molecule has 2 unspecified atom stereocenters. The van der Waals surface area contributed by atoms with Crippen LogP contribution in [0.15, 0.2) is 24.3 Å². The number of ether oxygens (including phenoxy) is 1. The molecule has 3 atom stereocenters. The average Bonchev–Trinajstić information content (AvgIpc) is 2.65. The fourth-order valence-corrected chi connectivity index (χ4v) is 2.25. The first-order valence-corrected chi connectivity index (χ1v) is 6.17. The van der Waals surface area contributed by atoms with Crippen LogP contribution in [0.1, 0.15) is 31.9 Å². The number of halogens is 1. The molecule has 2 nitrogen and oxygen atoms in total. The van der Waals surface area contributed by atoms with Crippen LogP contribution in [0.5, 0.6) is 0 Å². The molecule has 0 bridgehead atoms. The zero-order chi connectivity index (χ0) is 11.5. The van der Waals surface area contributed by atoms with Gasteiger partial charge in [0.1, 0.15) is 0 Å². The molecule has 2 rings (SSSR count). The van der Waals surface area contributed by atoms with Crippen LogP contribution in [0.25, 0.3) is 0 Å². The van der Waals surface area contributed by atoms with E-state index in [-0.39, 0.29) is 0 Å². The number of benzene rings is 1. The summed E-state index contributed by atoms with van der Waals surface area (Å²) in [6.45, 7) is 5.17. The lowest BCUT2D eigenvalue weighted by molar-refractivity contribution is 0.111. The summed E-state index contributed by atoms with van der Waals surface area (Å²) in [6, 6.07) is 8.81. The first-order valence-electron chi connectivity index (χ1n) is 5.80. The van der Waals surface area contributed by atoms with Gasteiger partial charge in [-0.2, -0.15) is 0 Å². The second kappa shape index (κ2) is 5.17. The minimum atomic E-state index is 0.315. The van der Waals surface area contributed by atoms with Crippen molar-refractivity contribution in [3.05, 3.63) is 34.9 Å². The van der Waals surface area contributed by atoms with E-state index in [4.69, 9.17) is 16.3 Å². The van der Waals surface area contributed by atoms with Crippen LogP contribution in [-0.2, 0) is 4.74 Å². The summed E-state index contributed by atoms with van der Waals surface area (Å²) in [4.78, 5) is 0. The normalized spacial score (nSPS) is 26.9. The Labute approximate surface area is 102 Å². The van der Waals surface area contributed by atoms with E-state index >= 15 is 0 Å². The van der Waals surface area contributed by atoms with E-state index in [0.717, 1.165) is 18.1 Å². The Morgan fingerprint density at radius 1 is 1.38 bits per heavy atom. The third-order valence-electron chi connectivity index (χ3n) is 3.21. The predicted molar refractivity (Wildman–Crippen MR) is 66.8 cm³/mol. The van der Waals surface area contributed by atoms with E-state index in [1.165, 1.54) is 5.56 Å². The molecule has 3 heteroatoms. The molecule has 1 aromatic rings. The van der Waals surface area contributed by atoms with Gasteiger partial charge in [0.2, 0.25) is 0 Å². The highest BCUT2D eigenvalue weighted by Crippen LogP contribution is 2.20. The van der Waals surface area contributed by atoms with Gasteiger partial charge < -0.3 is 10.1 Å². The fraction of sp³-hybridized carbons (Fsp3) is 0.538. The van der Waals surface area contributed by atoms with Gasteiger partial charge in [-0.3, -0.25) is 0 Å². The highest BCUT2D eigenvalue weighted by atomic mass is 35.5. The minimum Gasteiger partial charge on any atom is -0.377 e. The first-order chi connectivity index (χ1) is 7.66. The number of rotatable bonds is 3. The van der Waals surface area contributed by atoms with Crippen molar-refractivity contribution in [1.82, 2.24) is 5.32 Å². The largest absolute Gasteiger partial charge is 0.377 e. The van der Waals surface area contributed by atoms with Crippen LogP contribution >= 0.6 is 11.6 Å². The Morgan fingerprint density at radius 2 is 2.06 bits per heavy atom. The Hall–Kier alpha value is -0.570. The van der Waals surface area contributed by atoms with Crippen LogP contribution in [0.4, 0.5) is 0 Å². The van der Waals surface area contributed by atoms with Gasteiger partial charge in [0.05, 0.1) is 6.10 Å². The van der Waals surface area contributed by atoms with Gasteiger partial charge in [0, 0.05) is 23.7 Å². The molecule has 1 N–H and O–H groups in total. The van der Waals surface area contributed by atoms with Gasteiger partial charge in [0.25, 0.3) is 0 Å². The van der Waals surface area contributed by atoms with Crippen molar-refractivity contribution in [2.75, 3.05) is 6.61 Å². The Balaban J connectivity index is 1.97. The molecule has 1 aliphatic heterocycles. The summed E-state index contributed by atoms with van der Waals surface area (Å²) < 4.78 is 5.54. The van der Waals surface area contributed by atoms with Crippen LogP contribution in [0.2, 0.25) is 5.02 Å². The van der Waals surface area contributed by atoms with Crippen LogP contribution in [0.3, 0.4) is 0 Å². The summed E-state index contributed by atoms with van der Waals surface area (Å²) in [6.07, 6.45) is 1.41. The lowest BCUT2D eigenvalue weighted by Gasteiger charge is -2.22. The highest BCUT2D eigenvalue weighted by molar-refractivity contribution is 6.30. The Morgan fingerprint density at radius 3 is 2.62 bits per heavy atom. The van der Waals surface area contributed by atoms with Crippen LogP contribution < -0.4 is 5.32 Å². The maximum absolute atomic E-state index is 5.87. The quantitative estimate of drug-likeness (QED) is 0.875. The molecule has 1 aromatic carbocycles. The van der Waals surface area contributed by atoms with Gasteiger partial charge in [-0.1, -0.05) is 23.7 Å². The molecule has 1 saturated heterocycles.